The van der Waals surface area contributed by atoms with Crippen molar-refractivity contribution in [2.75, 3.05) is 16.8 Å². The Morgan fingerprint density at radius 1 is 1.30 bits per heavy atom. The fourth-order valence-electron chi connectivity index (χ4n) is 2.33. The van der Waals surface area contributed by atoms with E-state index >= 15 is 0 Å². The van der Waals surface area contributed by atoms with Crippen LogP contribution >= 0.6 is 0 Å². The zero-order valence-electron chi connectivity index (χ0n) is 12.0. The number of carbonyl (C=O) groups is 1. The molecule has 0 aliphatic carbocycles. The number of rotatable bonds is 4. The molecule has 1 atom stereocenters. The Balaban J connectivity index is 2.38. The van der Waals surface area contributed by atoms with E-state index in [2.05, 4.69) is 19.2 Å². The maximum atomic E-state index is 13.4. The minimum Gasteiger partial charge on any atom is -0.372 e. The second-order valence-electron chi connectivity index (χ2n) is 5.56. The van der Waals surface area contributed by atoms with Gasteiger partial charge in [-0.05, 0) is 18.8 Å². The molecule has 5 heteroatoms. The largest absolute Gasteiger partial charge is 0.372 e. The molecular weight excluding hydrogens is 262 g/mol. The molecular formula is C15H20F2N2O. The van der Waals surface area contributed by atoms with Crippen LogP contribution in [0.4, 0.5) is 20.2 Å². The van der Waals surface area contributed by atoms with Crippen LogP contribution in [0.3, 0.4) is 0 Å². The van der Waals surface area contributed by atoms with Crippen LogP contribution in [0, 0.1) is 17.6 Å². The number of amides is 1. The molecule has 0 spiro atoms. The maximum Gasteiger partial charge on any atom is 0.249 e. The van der Waals surface area contributed by atoms with Crippen LogP contribution < -0.4 is 10.2 Å². The molecule has 1 amide bonds. The van der Waals surface area contributed by atoms with Gasteiger partial charge in [0.05, 0.1) is 11.4 Å². The van der Waals surface area contributed by atoms with Gasteiger partial charge in [-0.2, -0.15) is 0 Å². The number of anilines is 2. The van der Waals surface area contributed by atoms with Crippen molar-refractivity contribution in [1.29, 1.82) is 0 Å². The van der Waals surface area contributed by atoms with Crippen molar-refractivity contribution in [3.63, 3.8) is 0 Å². The lowest BCUT2D eigenvalue weighted by molar-refractivity contribution is -0.119. The highest BCUT2D eigenvalue weighted by atomic mass is 19.2. The molecule has 1 aliphatic heterocycles. The maximum absolute atomic E-state index is 13.4. The Hall–Kier alpha value is -1.65. The van der Waals surface area contributed by atoms with E-state index in [1.807, 2.05) is 6.92 Å². The topological polar surface area (TPSA) is 32.3 Å². The average Bonchev–Trinajstić information content (AvgIpc) is 2.39. The second kappa shape index (κ2) is 5.77. The third-order valence-electron chi connectivity index (χ3n) is 3.56. The number of hydrogen-bond acceptors (Lipinski definition) is 2. The number of carbonyl (C=O) groups excluding carboxylic acids is 1. The van der Waals surface area contributed by atoms with Crippen LogP contribution in [-0.2, 0) is 4.79 Å². The molecule has 0 saturated carbocycles. The van der Waals surface area contributed by atoms with Gasteiger partial charge in [0.25, 0.3) is 0 Å². The van der Waals surface area contributed by atoms with Crippen molar-refractivity contribution in [1.82, 2.24) is 0 Å². The van der Waals surface area contributed by atoms with Crippen LogP contribution in [0.25, 0.3) is 0 Å². The quantitative estimate of drug-likeness (QED) is 0.916. The normalized spacial score (nSPS) is 18.2. The van der Waals surface area contributed by atoms with Crippen LogP contribution in [0.1, 0.15) is 33.6 Å². The van der Waals surface area contributed by atoms with Crippen LogP contribution in [-0.4, -0.2) is 18.5 Å². The highest BCUT2D eigenvalue weighted by Gasteiger charge is 2.32. The minimum atomic E-state index is -0.928. The summed E-state index contributed by atoms with van der Waals surface area (Å²) in [6.07, 6.45) is 1.43. The van der Waals surface area contributed by atoms with Crippen LogP contribution in [0.15, 0.2) is 12.1 Å². The molecule has 0 bridgehead atoms. The zero-order chi connectivity index (χ0) is 14.9. The van der Waals surface area contributed by atoms with Gasteiger partial charge in [0, 0.05) is 18.7 Å². The van der Waals surface area contributed by atoms with Crippen molar-refractivity contribution >= 4 is 17.3 Å². The smallest absolute Gasteiger partial charge is 0.249 e. The van der Waals surface area contributed by atoms with E-state index in [1.165, 1.54) is 0 Å². The Labute approximate surface area is 118 Å². The van der Waals surface area contributed by atoms with Gasteiger partial charge in [-0.3, -0.25) is 4.79 Å². The molecule has 0 fully saturated rings. The summed E-state index contributed by atoms with van der Waals surface area (Å²) in [6.45, 7) is 6.54. The van der Waals surface area contributed by atoms with E-state index in [1.54, 1.807) is 4.90 Å². The Kier molecular flexibility index (Phi) is 4.26. The van der Waals surface area contributed by atoms with Gasteiger partial charge in [-0.1, -0.05) is 20.8 Å². The Morgan fingerprint density at radius 2 is 1.95 bits per heavy atom. The van der Waals surface area contributed by atoms with E-state index < -0.39 is 11.6 Å². The molecule has 1 aliphatic rings. The predicted molar refractivity (Wildman–Crippen MR) is 75.9 cm³/mol. The number of nitrogens with zero attached hydrogens (tertiary/aromatic N) is 1. The number of nitrogens with one attached hydrogen (secondary N) is 1. The number of halogens is 2. The summed E-state index contributed by atoms with van der Waals surface area (Å²) in [7, 11) is 0. The lowest BCUT2D eigenvalue weighted by Crippen LogP contribution is -2.47. The lowest BCUT2D eigenvalue weighted by atomic mass is 10.0. The standard InChI is InChI=1S/C15H20F2N2O/c1-4-12-15(20)19(6-5-9(2)3)14-8-11(17)10(16)7-13(14)18-12/h7-9,12,18H,4-6H2,1-3H3. The summed E-state index contributed by atoms with van der Waals surface area (Å²) in [4.78, 5) is 13.9. The fourth-order valence-corrected chi connectivity index (χ4v) is 2.33. The van der Waals surface area contributed by atoms with Gasteiger partial charge in [0.15, 0.2) is 11.6 Å². The fraction of sp³-hybridized carbons (Fsp3) is 0.533. The first kappa shape index (κ1) is 14.8. The molecule has 20 heavy (non-hydrogen) atoms. The monoisotopic (exact) mass is 282 g/mol. The van der Waals surface area contributed by atoms with E-state index in [-0.39, 0.29) is 11.9 Å². The Bertz CT molecular complexity index is 517. The van der Waals surface area contributed by atoms with Crippen molar-refractivity contribution in [3.05, 3.63) is 23.8 Å². The third kappa shape index (κ3) is 2.76. The molecule has 0 aromatic heterocycles. The summed E-state index contributed by atoms with van der Waals surface area (Å²) < 4.78 is 26.8. The van der Waals surface area contributed by atoms with E-state index in [4.69, 9.17) is 0 Å². The van der Waals surface area contributed by atoms with E-state index in [9.17, 15) is 13.6 Å². The van der Waals surface area contributed by atoms with Crippen molar-refractivity contribution in [2.45, 2.75) is 39.7 Å². The van der Waals surface area contributed by atoms with Crippen molar-refractivity contribution < 1.29 is 13.6 Å². The molecule has 3 nitrogen and oxygen atoms in total. The number of fused-ring (bicyclic) bond motifs is 1. The highest BCUT2D eigenvalue weighted by molar-refractivity contribution is 6.04. The first-order valence-electron chi connectivity index (χ1n) is 7.01. The molecule has 2 rings (SSSR count). The summed E-state index contributed by atoms with van der Waals surface area (Å²) in [5, 5.41) is 2.98. The van der Waals surface area contributed by atoms with Gasteiger partial charge in [-0.25, -0.2) is 8.78 Å². The summed E-state index contributed by atoms with van der Waals surface area (Å²) in [5.41, 5.74) is 0.915. The van der Waals surface area contributed by atoms with Crippen molar-refractivity contribution in [3.8, 4) is 0 Å². The minimum absolute atomic E-state index is 0.0772. The lowest BCUT2D eigenvalue weighted by Gasteiger charge is -2.35. The van der Waals surface area contributed by atoms with Gasteiger partial charge in [0.2, 0.25) is 5.91 Å². The molecule has 0 saturated heterocycles. The zero-order valence-corrected chi connectivity index (χ0v) is 12.0. The van der Waals surface area contributed by atoms with Gasteiger partial charge in [-0.15, -0.1) is 0 Å². The molecule has 1 aromatic carbocycles. The SMILES string of the molecule is CCC1Nc2cc(F)c(F)cc2N(CCC(C)C)C1=O. The van der Waals surface area contributed by atoms with E-state index in [0.29, 0.717) is 30.3 Å². The summed E-state index contributed by atoms with van der Waals surface area (Å²) in [6, 6.07) is 1.85. The van der Waals surface area contributed by atoms with Crippen LogP contribution in [0.5, 0.6) is 0 Å². The molecule has 1 heterocycles. The van der Waals surface area contributed by atoms with Crippen LogP contribution in [0.2, 0.25) is 0 Å². The highest BCUT2D eigenvalue weighted by Crippen LogP contribution is 2.34. The second-order valence-corrected chi connectivity index (χ2v) is 5.56. The van der Waals surface area contributed by atoms with E-state index in [0.717, 1.165) is 18.6 Å². The first-order chi connectivity index (χ1) is 9.43. The Morgan fingerprint density at radius 3 is 2.55 bits per heavy atom. The molecule has 110 valence electrons. The van der Waals surface area contributed by atoms with Gasteiger partial charge in [0.1, 0.15) is 6.04 Å². The molecule has 0 radical (unpaired) electrons. The first-order valence-corrected chi connectivity index (χ1v) is 7.01. The molecule has 1 N–H and O–H groups in total. The summed E-state index contributed by atoms with van der Waals surface area (Å²) >= 11 is 0. The van der Waals surface area contributed by atoms with Gasteiger partial charge >= 0.3 is 0 Å². The van der Waals surface area contributed by atoms with Gasteiger partial charge < -0.3 is 10.2 Å². The summed E-state index contributed by atoms with van der Waals surface area (Å²) in [5.74, 6) is -1.47. The number of hydrogen-bond donors (Lipinski definition) is 1. The molecule has 1 aromatic rings. The molecule has 1 unspecified atom stereocenters. The number of benzene rings is 1. The third-order valence-corrected chi connectivity index (χ3v) is 3.56. The van der Waals surface area contributed by atoms with Crippen molar-refractivity contribution in [2.24, 2.45) is 5.92 Å². The predicted octanol–water partition coefficient (Wildman–Crippen LogP) is 3.55. The average molecular weight is 282 g/mol.